The molecule has 4 aromatic carbocycles. The monoisotopic (exact) mass is 785 g/mol. The van der Waals surface area contributed by atoms with Crippen molar-refractivity contribution >= 4 is 33.4 Å². The van der Waals surface area contributed by atoms with Gasteiger partial charge in [-0.05, 0) is 86.5 Å². The third kappa shape index (κ3) is 6.72. The maximum atomic E-state index is 11.0. The van der Waals surface area contributed by atoms with E-state index in [1.165, 1.54) is 0 Å². The Morgan fingerprint density at radius 1 is 0.633 bits per heavy atom. The van der Waals surface area contributed by atoms with Gasteiger partial charge in [0.15, 0.2) is 0 Å². The number of nitriles is 1. The van der Waals surface area contributed by atoms with Crippen molar-refractivity contribution in [2.24, 2.45) is 0 Å². The molecule has 2 aliphatic heterocycles. The smallest absolute Gasteiger partial charge is 0.129 e. The average molecular weight is 786 g/mol. The zero-order valence-electron chi connectivity index (χ0n) is 33.8. The first-order chi connectivity index (χ1) is 29.3. The minimum Gasteiger partial charge on any atom is -0.491 e. The number of hydrogen-bond acceptors (Lipinski definition) is 10. The van der Waals surface area contributed by atoms with E-state index in [9.17, 15) is 5.26 Å². The van der Waals surface area contributed by atoms with Crippen molar-refractivity contribution in [2.45, 2.75) is 44.1 Å². The highest BCUT2D eigenvalue weighted by Crippen LogP contribution is 2.42. The van der Waals surface area contributed by atoms with Crippen LogP contribution in [-0.4, -0.2) is 62.2 Å². The molecule has 10 heteroatoms. The summed E-state index contributed by atoms with van der Waals surface area (Å²) in [7, 11) is 0. The Bertz CT molecular complexity index is 2900. The molecular weight excluding hydrogens is 743 g/mol. The molecule has 8 aromatic rings. The van der Waals surface area contributed by atoms with Crippen LogP contribution in [0.3, 0.4) is 0 Å². The number of anilines is 2. The van der Waals surface area contributed by atoms with Crippen molar-refractivity contribution in [3.05, 3.63) is 163 Å². The molecular formula is C50H43N9O. The summed E-state index contributed by atoms with van der Waals surface area (Å²) in [6.45, 7) is 9.16. The molecule has 0 aliphatic carbocycles. The highest BCUT2D eigenvalue weighted by Gasteiger charge is 2.37. The maximum absolute atomic E-state index is 11.0. The second-order valence-corrected chi connectivity index (χ2v) is 16.2. The summed E-state index contributed by atoms with van der Waals surface area (Å²) >= 11 is 0. The third-order valence-electron chi connectivity index (χ3n) is 11.9. The number of benzene rings is 4. The van der Waals surface area contributed by atoms with Crippen molar-refractivity contribution in [3.63, 3.8) is 0 Å². The first-order valence-electron chi connectivity index (χ1n) is 20.5. The molecule has 6 heterocycles. The number of para-hydroxylation sites is 2. The van der Waals surface area contributed by atoms with Gasteiger partial charge in [0, 0.05) is 84.7 Å². The topological polar surface area (TPSA) is 117 Å². The first kappa shape index (κ1) is 37.0. The molecule has 2 fully saturated rings. The SMILES string of the molecule is CC(C)Oc1ccc(-c2nccnc2C2CN(c3cc(C(C)(C#N)c4ccc(-c5nccnc5C5CN(c6ccc7ccccc7n6)C5)cc4)c4ccccc4n3)C2)cc1. The normalized spacial score (nSPS) is 15.4. The van der Waals surface area contributed by atoms with Gasteiger partial charge in [0.25, 0.3) is 0 Å². The Morgan fingerprint density at radius 3 is 1.82 bits per heavy atom. The lowest BCUT2D eigenvalue weighted by molar-refractivity contribution is 0.242. The zero-order chi connectivity index (χ0) is 40.8. The lowest BCUT2D eigenvalue weighted by atomic mass is 9.75. The minimum atomic E-state index is -0.962. The van der Waals surface area contributed by atoms with E-state index in [2.05, 4.69) is 76.5 Å². The molecule has 0 saturated carbocycles. The molecule has 10 nitrogen and oxygen atoms in total. The summed E-state index contributed by atoms with van der Waals surface area (Å²) in [6, 6.07) is 41.7. The van der Waals surface area contributed by atoms with E-state index >= 15 is 0 Å². The molecule has 0 radical (unpaired) electrons. The summed E-state index contributed by atoms with van der Waals surface area (Å²) in [5.74, 6) is 3.06. The van der Waals surface area contributed by atoms with Crippen LogP contribution in [0.4, 0.5) is 11.6 Å². The fraction of sp³-hybridized carbons (Fsp3) is 0.220. The highest BCUT2D eigenvalue weighted by atomic mass is 16.5. The van der Waals surface area contributed by atoms with Gasteiger partial charge in [-0.2, -0.15) is 5.26 Å². The van der Waals surface area contributed by atoms with Crippen LogP contribution < -0.4 is 14.5 Å². The van der Waals surface area contributed by atoms with Crippen LogP contribution in [0.5, 0.6) is 5.75 Å². The summed E-state index contributed by atoms with van der Waals surface area (Å²) in [4.78, 5) is 33.8. The van der Waals surface area contributed by atoms with Gasteiger partial charge in [0.2, 0.25) is 0 Å². The van der Waals surface area contributed by atoms with Gasteiger partial charge in [-0.15, -0.1) is 0 Å². The number of hydrogen-bond donors (Lipinski definition) is 0. The van der Waals surface area contributed by atoms with E-state index in [1.54, 1.807) is 24.8 Å². The Hall–Kier alpha value is -7.25. The second kappa shape index (κ2) is 15.2. The third-order valence-corrected chi connectivity index (χ3v) is 11.9. The average Bonchev–Trinajstić information content (AvgIpc) is 3.25. The van der Waals surface area contributed by atoms with E-state index in [1.807, 2.05) is 75.4 Å². The lowest BCUT2D eigenvalue weighted by Gasteiger charge is -2.41. The summed E-state index contributed by atoms with van der Waals surface area (Å²) in [6.07, 6.45) is 7.15. The van der Waals surface area contributed by atoms with Crippen molar-refractivity contribution in [3.8, 4) is 34.3 Å². The first-order valence-corrected chi connectivity index (χ1v) is 20.5. The molecule has 1 unspecified atom stereocenters. The predicted molar refractivity (Wildman–Crippen MR) is 236 cm³/mol. The zero-order valence-corrected chi connectivity index (χ0v) is 33.8. The fourth-order valence-electron chi connectivity index (χ4n) is 8.59. The summed E-state index contributed by atoms with van der Waals surface area (Å²) < 4.78 is 5.87. The number of fused-ring (bicyclic) bond motifs is 2. The Labute approximate surface area is 349 Å². The van der Waals surface area contributed by atoms with Crippen LogP contribution in [-0.2, 0) is 5.41 Å². The van der Waals surface area contributed by atoms with Gasteiger partial charge >= 0.3 is 0 Å². The quantitative estimate of drug-likeness (QED) is 0.133. The molecule has 4 aromatic heterocycles. The Kier molecular flexibility index (Phi) is 9.36. The van der Waals surface area contributed by atoms with Crippen LogP contribution in [0.2, 0.25) is 0 Å². The van der Waals surface area contributed by atoms with E-state index in [4.69, 9.17) is 34.6 Å². The molecule has 0 bridgehead atoms. The molecule has 2 aliphatic rings. The Balaban J connectivity index is 0.896. The van der Waals surface area contributed by atoms with Crippen molar-refractivity contribution in [1.29, 1.82) is 5.26 Å². The van der Waals surface area contributed by atoms with Crippen molar-refractivity contribution < 1.29 is 4.74 Å². The van der Waals surface area contributed by atoms with Crippen LogP contribution in [0.25, 0.3) is 44.3 Å². The van der Waals surface area contributed by atoms with E-state index in [-0.39, 0.29) is 17.9 Å². The van der Waals surface area contributed by atoms with Crippen molar-refractivity contribution in [2.75, 3.05) is 36.0 Å². The van der Waals surface area contributed by atoms with Crippen LogP contribution >= 0.6 is 0 Å². The Morgan fingerprint density at radius 2 is 1.18 bits per heavy atom. The molecule has 2 saturated heterocycles. The highest BCUT2D eigenvalue weighted by molar-refractivity contribution is 5.87. The largest absolute Gasteiger partial charge is 0.491 e. The molecule has 1 atom stereocenters. The second-order valence-electron chi connectivity index (χ2n) is 16.2. The summed E-state index contributed by atoms with van der Waals surface area (Å²) in [5.41, 5.74) is 8.38. The number of pyridine rings is 2. The van der Waals surface area contributed by atoms with Gasteiger partial charge in [0.1, 0.15) is 22.8 Å². The van der Waals surface area contributed by atoms with Crippen LogP contribution in [0.15, 0.2) is 140 Å². The fourth-order valence-corrected chi connectivity index (χ4v) is 8.59. The number of nitrogens with zero attached hydrogens (tertiary/aromatic N) is 9. The number of aromatic nitrogens is 6. The molecule has 0 spiro atoms. The number of ether oxygens (including phenoxy) is 1. The molecule has 10 rings (SSSR count). The van der Waals surface area contributed by atoms with Gasteiger partial charge in [0.05, 0.1) is 46.0 Å². The van der Waals surface area contributed by atoms with Gasteiger partial charge in [-0.3, -0.25) is 19.9 Å². The standard InChI is InChI=1S/C50H43N9O/c1-32(2)60-39-19-14-35(15-20-39)47-49(55-25-23-53-47)37-29-59(30-37)45-26-41(40-9-5-7-11-43(40)57-45)50(3,31-51)38-17-12-34(13-18-38)46-48(54-24-22-52-46)36-27-58(28-36)44-21-16-33-8-4-6-10-42(33)56-44/h4-26,32,36-37H,27-30H2,1-3H3. The maximum Gasteiger partial charge on any atom is 0.129 e. The van der Waals surface area contributed by atoms with E-state index < -0.39 is 5.41 Å². The lowest BCUT2D eigenvalue weighted by Crippen LogP contribution is -2.46. The van der Waals surface area contributed by atoms with Gasteiger partial charge in [-0.25, -0.2) is 9.97 Å². The summed E-state index contributed by atoms with van der Waals surface area (Å²) in [5, 5.41) is 13.1. The van der Waals surface area contributed by atoms with E-state index in [0.717, 1.165) is 110 Å². The molecule has 0 N–H and O–H groups in total. The molecule has 0 amide bonds. The van der Waals surface area contributed by atoms with Gasteiger partial charge in [-0.1, -0.05) is 60.7 Å². The predicted octanol–water partition coefficient (Wildman–Crippen LogP) is 9.52. The van der Waals surface area contributed by atoms with Gasteiger partial charge < -0.3 is 14.5 Å². The van der Waals surface area contributed by atoms with Crippen LogP contribution in [0.1, 0.15) is 55.1 Å². The molecule has 60 heavy (non-hydrogen) atoms. The van der Waals surface area contributed by atoms with Crippen molar-refractivity contribution in [1.82, 2.24) is 29.9 Å². The van der Waals surface area contributed by atoms with Crippen LogP contribution in [0, 0.1) is 11.3 Å². The minimum absolute atomic E-state index is 0.105. The van der Waals surface area contributed by atoms with E-state index in [0.29, 0.717) is 0 Å². The molecule has 294 valence electrons. The number of rotatable bonds is 10.